The normalized spacial score (nSPS) is 11.3. The highest BCUT2D eigenvalue weighted by Crippen LogP contribution is 2.33. The molecular weight excluding hydrogens is 332 g/mol. The van der Waals surface area contributed by atoms with Crippen molar-refractivity contribution in [3.05, 3.63) is 83.4 Å². The van der Waals surface area contributed by atoms with E-state index in [2.05, 4.69) is 60.0 Å². The van der Waals surface area contributed by atoms with Crippen LogP contribution in [0.15, 0.2) is 60.7 Å². The number of amides is 1. The third-order valence-electron chi connectivity index (χ3n) is 5.12. The summed E-state index contributed by atoms with van der Waals surface area (Å²) in [5.74, 6) is -0.400. The fraction of sp³-hybridized carbons (Fsp3) is 0.208. The van der Waals surface area contributed by atoms with E-state index in [4.69, 9.17) is 5.73 Å². The molecule has 0 saturated carbocycles. The Hall–Kier alpha value is -3.07. The lowest BCUT2D eigenvalue weighted by molar-refractivity contribution is 0.100. The Kier molecular flexibility index (Phi) is 4.68. The molecule has 0 atom stereocenters. The van der Waals surface area contributed by atoms with E-state index in [1.165, 1.54) is 11.1 Å². The zero-order valence-electron chi connectivity index (χ0n) is 15.5. The Balaban J connectivity index is 1.98. The minimum atomic E-state index is -0.400. The van der Waals surface area contributed by atoms with Gasteiger partial charge in [-0.1, -0.05) is 55.8 Å². The zero-order chi connectivity index (χ0) is 18.8. The molecule has 1 aromatic heterocycles. The Bertz CT molecular complexity index is 1110. The Labute approximate surface area is 159 Å². The van der Waals surface area contributed by atoms with Gasteiger partial charge in [0.25, 0.3) is 0 Å². The quantitative estimate of drug-likeness (QED) is 0.515. The van der Waals surface area contributed by atoms with Crippen molar-refractivity contribution in [2.24, 2.45) is 5.73 Å². The van der Waals surface area contributed by atoms with Crippen molar-refractivity contribution in [2.45, 2.75) is 32.7 Å². The summed E-state index contributed by atoms with van der Waals surface area (Å²) in [4.78, 5) is 12.0. The van der Waals surface area contributed by atoms with Crippen molar-refractivity contribution in [1.29, 1.82) is 0 Å². The molecule has 0 unspecified atom stereocenters. The maximum Gasteiger partial charge on any atom is 0.249 e. The smallest absolute Gasteiger partial charge is 0.249 e. The summed E-state index contributed by atoms with van der Waals surface area (Å²) in [5, 5.41) is 1.87. The maximum atomic E-state index is 12.0. The summed E-state index contributed by atoms with van der Waals surface area (Å²) in [6.45, 7) is 2.95. The average molecular weight is 355 g/mol. The second-order valence-electron chi connectivity index (χ2n) is 7.01. The number of primary amides is 1. The highest BCUT2D eigenvalue weighted by Gasteiger charge is 2.17. The van der Waals surface area contributed by atoms with Gasteiger partial charge in [-0.25, -0.2) is 0 Å². The molecule has 0 fully saturated rings. The standard InChI is InChI=1S/C24H23N2O/c1-2-3-8-17-13-14-19-22(15-17)26(16-18-9-5-4-6-10-18)21-12-7-11-20(23(19)21)24(25)27/h4-7,9-13,15H,2-3,8,16H2,1H3,(H2,25,27). The molecule has 3 aromatic carbocycles. The monoisotopic (exact) mass is 355 g/mol. The Morgan fingerprint density at radius 2 is 1.85 bits per heavy atom. The van der Waals surface area contributed by atoms with Gasteiger partial charge < -0.3 is 10.3 Å². The first-order chi connectivity index (χ1) is 13.2. The summed E-state index contributed by atoms with van der Waals surface area (Å²) in [6, 6.07) is 23.9. The number of nitrogens with two attached hydrogens (primary N) is 1. The first kappa shape index (κ1) is 17.3. The summed E-state index contributed by atoms with van der Waals surface area (Å²) in [7, 11) is 0. The van der Waals surface area contributed by atoms with Crippen LogP contribution in [-0.2, 0) is 13.0 Å². The fourth-order valence-corrected chi connectivity index (χ4v) is 3.77. The van der Waals surface area contributed by atoms with Gasteiger partial charge >= 0.3 is 0 Å². The van der Waals surface area contributed by atoms with Crippen molar-refractivity contribution in [1.82, 2.24) is 4.57 Å². The van der Waals surface area contributed by atoms with Crippen LogP contribution in [0.3, 0.4) is 0 Å². The minimum absolute atomic E-state index is 0.400. The summed E-state index contributed by atoms with van der Waals surface area (Å²) in [6.07, 6.45) is 3.36. The van der Waals surface area contributed by atoms with Gasteiger partial charge in [0.2, 0.25) is 5.91 Å². The molecule has 0 aliphatic rings. The number of benzene rings is 3. The number of hydrogen-bond donors (Lipinski definition) is 1. The van der Waals surface area contributed by atoms with Crippen LogP contribution in [0.4, 0.5) is 0 Å². The molecule has 2 N–H and O–H groups in total. The minimum Gasteiger partial charge on any atom is -0.366 e. The molecule has 4 aromatic rings. The average Bonchev–Trinajstić information content (AvgIpc) is 3.00. The molecule has 27 heavy (non-hydrogen) atoms. The third-order valence-corrected chi connectivity index (χ3v) is 5.12. The van der Waals surface area contributed by atoms with Crippen molar-refractivity contribution in [3.8, 4) is 0 Å². The van der Waals surface area contributed by atoms with Gasteiger partial charge in [0.1, 0.15) is 0 Å². The molecule has 0 aliphatic heterocycles. The number of aryl methyl sites for hydroxylation is 1. The van der Waals surface area contributed by atoms with Crippen LogP contribution in [0.25, 0.3) is 21.8 Å². The van der Waals surface area contributed by atoms with E-state index in [-0.39, 0.29) is 0 Å². The predicted octanol–water partition coefficient (Wildman–Crippen LogP) is 5.08. The van der Waals surface area contributed by atoms with E-state index >= 15 is 0 Å². The second kappa shape index (κ2) is 7.28. The van der Waals surface area contributed by atoms with Crippen LogP contribution in [0, 0.1) is 6.07 Å². The van der Waals surface area contributed by atoms with Crippen molar-refractivity contribution >= 4 is 27.7 Å². The van der Waals surface area contributed by atoms with Crippen LogP contribution < -0.4 is 5.73 Å². The van der Waals surface area contributed by atoms with E-state index in [1.54, 1.807) is 6.07 Å². The maximum absolute atomic E-state index is 12.0. The molecule has 0 bridgehead atoms. The number of nitrogens with zero attached hydrogens (tertiary/aromatic N) is 1. The van der Waals surface area contributed by atoms with E-state index in [9.17, 15) is 4.79 Å². The molecule has 4 rings (SSSR count). The molecule has 3 heteroatoms. The number of aromatic nitrogens is 1. The molecule has 0 aliphatic carbocycles. The Morgan fingerprint density at radius 1 is 1.04 bits per heavy atom. The number of unbranched alkanes of at least 4 members (excludes halogenated alkanes) is 1. The predicted molar refractivity (Wildman–Crippen MR) is 111 cm³/mol. The summed E-state index contributed by atoms with van der Waals surface area (Å²) < 4.78 is 2.28. The first-order valence-electron chi connectivity index (χ1n) is 9.48. The van der Waals surface area contributed by atoms with Gasteiger partial charge in [0, 0.05) is 22.9 Å². The van der Waals surface area contributed by atoms with Crippen LogP contribution in [0.1, 0.15) is 41.3 Å². The van der Waals surface area contributed by atoms with Crippen LogP contribution >= 0.6 is 0 Å². The van der Waals surface area contributed by atoms with Crippen molar-refractivity contribution < 1.29 is 4.79 Å². The largest absolute Gasteiger partial charge is 0.366 e. The van der Waals surface area contributed by atoms with E-state index in [1.807, 2.05) is 12.1 Å². The van der Waals surface area contributed by atoms with Gasteiger partial charge in [-0.05, 0) is 48.2 Å². The summed E-state index contributed by atoms with van der Waals surface area (Å²) >= 11 is 0. The van der Waals surface area contributed by atoms with Crippen LogP contribution in [0.2, 0.25) is 0 Å². The van der Waals surface area contributed by atoms with Crippen molar-refractivity contribution in [2.75, 3.05) is 0 Å². The highest BCUT2D eigenvalue weighted by molar-refractivity contribution is 6.17. The highest BCUT2D eigenvalue weighted by atomic mass is 16.1. The molecule has 3 nitrogen and oxygen atoms in total. The molecule has 1 amide bonds. The molecule has 0 saturated heterocycles. The fourth-order valence-electron chi connectivity index (χ4n) is 3.77. The van der Waals surface area contributed by atoms with Gasteiger partial charge in [0.15, 0.2) is 0 Å². The SMILES string of the molecule is CCCCc1c[c]c2c3c(C(N)=O)cccc3n(Cc3ccccc3)c2c1. The lowest BCUT2D eigenvalue weighted by Crippen LogP contribution is -2.11. The molecule has 0 spiro atoms. The lowest BCUT2D eigenvalue weighted by Gasteiger charge is -2.09. The van der Waals surface area contributed by atoms with Gasteiger partial charge in [-0.3, -0.25) is 4.79 Å². The number of rotatable bonds is 6. The number of carbonyl (C=O) groups is 1. The topological polar surface area (TPSA) is 48.0 Å². The number of carbonyl (C=O) groups excluding carboxylic acids is 1. The Morgan fingerprint density at radius 3 is 2.59 bits per heavy atom. The third kappa shape index (κ3) is 3.21. The van der Waals surface area contributed by atoms with Crippen molar-refractivity contribution in [3.63, 3.8) is 0 Å². The van der Waals surface area contributed by atoms with Gasteiger partial charge in [0.05, 0.1) is 11.0 Å². The van der Waals surface area contributed by atoms with Gasteiger partial charge in [-0.2, -0.15) is 0 Å². The molecule has 135 valence electrons. The van der Waals surface area contributed by atoms with Crippen LogP contribution in [-0.4, -0.2) is 10.5 Å². The zero-order valence-corrected chi connectivity index (χ0v) is 15.5. The molecule has 1 radical (unpaired) electrons. The van der Waals surface area contributed by atoms with E-state index < -0.39 is 5.91 Å². The number of hydrogen-bond acceptors (Lipinski definition) is 1. The molecular formula is C24H23N2O. The first-order valence-corrected chi connectivity index (χ1v) is 9.48. The number of fused-ring (bicyclic) bond motifs is 3. The van der Waals surface area contributed by atoms with Gasteiger partial charge in [-0.15, -0.1) is 0 Å². The second-order valence-corrected chi connectivity index (χ2v) is 7.01. The van der Waals surface area contributed by atoms with E-state index in [0.29, 0.717) is 5.56 Å². The lowest BCUT2D eigenvalue weighted by atomic mass is 10.0. The summed E-state index contributed by atoms with van der Waals surface area (Å²) in [5.41, 5.74) is 10.9. The molecule has 1 heterocycles. The van der Waals surface area contributed by atoms with Crippen LogP contribution in [0.5, 0.6) is 0 Å². The van der Waals surface area contributed by atoms with E-state index in [0.717, 1.165) is 47.6 Å².